The highest BCUT2D eigenvalue weighted by Gasteiger charge is 2.42. The number of H-pyrrole nitrogens is 2. The second-order valence-corrected chi connectivity index (χ2v) is 3.94. The van der Waals surface area contributed by atoms with E-state index < -0.39 is 35.5 Å². The fourth-order valence-electron chi connectivity index (χ4n) is 1.95. The lowest BCUT2D eigenvalue weighted by Gasteiger charge is -2.14. The highest BCUT2D eigenvalue weighted by atomic mass is 16.3. The molecule has 1 fully saturated rings. The average Bonchev–Trinajstić information content (AvgIpc) is 2.57. The Hall–Kier alpha value is -1.48. The first-order valence-electron chi connectivity index (χ1n) is 5.09. The van der Waals surface area contributed by atoms with Gasteiger partial charge in [0.05, 0.1) is 30.4 Å². The molecule has 0 saturated carbocycles. The van der Waals surface area contributed by atoms with Gasteiger partial charge in [0.2, 0.25) is 0 Å². The first-order chi connectivity index (χ1) is 8.04. The van der Waals surface area contributed by atoms with Crippen molar-refractivity contribution in [2.45, 2.75) is 24.3 Å². The van der Waals surface area contributed by atoms with Crippen molar-refractivity contribution >= 4 is 0 Å². The van der Waals surface area contributed by atoms with Gasteiger partial charge in [0.25, 0.3) is 5.56 Å². The molecule has 6 N–H and O–H groups in total. The summed E-state index contributed by atoms with van der Waals surface area (Å²) in [4.78, 5) is 26.6. The van der Waals surface area contributed by atoms with Gasteiger partial charge in [-0.2, -0.15) is 0 Å². The summed E-state index contributed by atoms with van der Waals surface area (Å²) in [7, 11) is 0. The zero-order chi connectivity index (χ0) is 12.6. The maximum absolute atomic E-state index is 11.5. The molecule has 0 amide bonds. The van der Waals surface area contributed by atoms with Gasteiger partial charge >= 0.3 is 5.69 Å². The van der Waals surface area contributed by atoms with Crippen molar-refractivity contribution in [3.05, 3.63) is 32.6 Å². The molecule has 8 nitrogen and oxygen atoms in total. The maximum atomic E-state index is 11.5. The van der Waals surface area contributed by atoms with Gasteiger partial charge in [-0.25, -0.2) is 4.79 Å². The number of rotatable bonds is 2. The summed E-state index contributed by atoms with van der Waals surface area (Å²) in [6.45, 7) is -0.365. The van der Waals surface area contributed by atoms with Crippen molar-refractivity contribution in [2.24, 2.45) is 0 Å². The molecule has 0 radical (unpaired) electrons. The van der Waals surface area contributed by atoms with Crippen LogP contribution in [0, 0.1) is 0 Å². The lowest BCUT2D eigenvalue weighted by atomic mass is 10.0. The second-order valence-electron chi connectivity index (χ2n) is 3.94. The summed E-state index contributed by atoms with van der Waals surface area (Å²) < 4.78 is 0. The van der Waals surface area contributed by atoms with Gasteiger partial charge in [0.15, 0.2) is 0 Å². The van der Waals surface area contributed by atoms with Crippen LogP contribution in [0.3, 0.4) is 0 Å². The van der Waals surface area contributed by atoms with Gasteiger partial charge < -0.3 is 20.3 Å². The van der Waals surface area contributed by atoms with E-state index in [-0.39, 0.29) is 12.2 Å². The van der Waals surface area contributed by atoms with Crippen molar-refractivity contribution in [1.82, 2.24) is 15.3 Å². The molecule has 1 aliphatic rings. The Kier molecular flexibility index (Phi) is 3.11. The topological polar surface area (TPSA) is 138 Å². The lowest BCUT2D eigenvalue weighted by molar-refractivity contribution is 0.0193. The van der Waals surface area contributed by atoms with Crippen LogP contribution in [0.2, 0.25) is 0 Å². The van der Waals surface area contributed by atoms with Crippen LogP contribution >= 0.6 is 0 Å². The number of aromatic nitrogens is 2. The third kappa shape index (κ3) is 2.03. The summed E-state index contributed by atoms with van der Waals surface area (Å²) in [5, 5.41) is 31.0. The summed E-state index contributed by atoms with van der Waals surface area (Å²) >= 11 is 0. The van der Waals surface area contributed by atoms with E-state index in [1.54, 1.807) is 0 Å². The number of hydrogen-bond acceptors (Lipinski definition) is 6. The van der Waals surface area contributed by atoms with Gasteiger partial charge in [-0.3, -0.25) is 15.1 Å². The first-order valence-corrected chi connectivity index (χ1v) is 5.09. The predicted molar refractivity (Wildman–Crippen MR) is 56.4 cm³/mol. The first kappa shape index (κ1) is 12.0. The molecule has 2 rings (SSSR count). The number of aliphatic hydroxyl groups excluding tert-OH is 3. The van der Waals surface area contributed by atoms with E-state index in [4.69, 9.17) is 5.11 Å². The van der Waals surface area contributed by atoms with Crippen molar-refractivity contribution < 1.29 is 15.3 Å². The molecule has 1 aromatic rings. The lowest BCUT2D eigenvalue weighted by Crippen LogP contribution is -2.36. The molecule has 1 aliphatic heterocycles. The van der Waals surface area contributed by atoms with Crippen LogP contribution in [0.5, 0.6) is 0 Å². The monoisotopic (exact) mass is 243 g/mol. The molecule has 94 valence electrons. The summed E-state index contributed by atoms with van der Waals surface area (Å²) in [5.74, 6) is 0. The Morgan fingerprint density at radius 2 is 1.94 bits per heavy atom. The third-order valence-corrected chi connectivity index (χ3v) is 2.88. The van der Waals surface area contributed by atoms with Crippen LogP contribution in [-0.2, 0) is 0 Å². The third-order valence-electron chi connectivity index (χ3n) is 2.88. The van der Waals surface area contributed by atoms with E-state index in [2.05, 4.69) is 10.3 Å². The predicted octanol–water partition coefficient (Wildman–Crippen LogP) is -3.21. The minimum atomic E-state index is -1.22. The quantitative estimate of drug-likeness (QED) is 0.323. The smallest absolute Gasteiger partial charge is 0.325 e. The van der Waals surface area contributed by atoms with E-state index in [0.717, 1.165) is 0 Å². The minimum Gasteiger partial charge on any atom is -0.395 e. The Labute approximate surface area is 94.9 Å². The Balaban J connectivity index is 2.35. The minimum absolute atomic E-state index is 0.104. The molecule has 1 saturated heterocycles. The Morgan fingerprint density at radius 1 is 1.24 bits per heavy atom. The summed E-state index contributed by atoms with van der Waals surface area (Å²) in [5.41, 5.74) is -1.19. The molecule has 17 heavy (non-hydrogen) atoms. The molecule has 0 aromatic carbocycles. The fourth-order valence-corrected chi connectivity index (χ4v) is 1.95. The van der Waals surface area contributed by atoms with Gasteiger partial charge in [-0.1, -0.05) is 0 Å². The van der Waals surface area contributed by atoms with Crippen molar-refractivity contribution in [3.63, 3.8) is 0 Å². The average molecular weight is 243 g/mol. The largest absolute Gasteiger partial charge is 0.395 e. The summed E-state index contributed by atoms with van der Waals surface area (Å²) in [6.07, 6.45) is -1.22. The molecule has 0 unspecified atom stereocenters. The van der Waals surface area contributed by atoms with Crippen molar-refractivity contribution in [3.8, 4) is 0 Å². The van der Waals surface area contributed by atoms with Crippen molar-refractivity contribution in [2.75, 3.05) is 6.61 Å². The highest BCUT2D eigenvalue weighted by molar-refractivity contribution is 5.17. The van der Waals surface area contributed by atoms with E-state index in [1.165, 1.54) is 6.20 Å². The normalized spacial score (nSPS) is 32.9. The molecule has 0 aliphatic carbocycles. The van der Waals surface area contributed by atoms with E-state index in [0.29, 0.717) is 0 Å². The van der Waals surface area contributed by atoms with Crippen LogP contribution in [0.25, 0.3) is 0 Å². The van der Waals surface area contributed by atoms with Crippen LogP contribution in [0.4, 0.5) is 0 Å². The molecule has 4 atom stereocenters. The van der Waals surface area contributed by atoms with Crippen LogP contribution in [0.1, 0.15) is 11.6 Å². The number of nitrogens with one attached hydrogen (secondary N) is 3. The van der Waals surface area contributed by atoms with Gasteiger partial charge in [0.1, 0.15) is 6.10 Å². The fraction of sp³-hybridized carbons (Fsp3) is 0.556. The molecular formula is C9H13N3O5. The van der Waals surface area contributed by atoms with E-state index >= 15 is 0 Å². The number of hydrogen-bond donors (Lipinski definition) is 6. The van der Waals surface area contributed by atoms with Crippen LogP contribution in [0.15, 0.2) is 15.8 Å². The van der Waals surface area contributed by atoms with E-state index in [9.17, 15) is 19.8 Å². The number of aromatic amines is 2. The Bertz CT molecular complexity index is 510. The molecular weight excluding hydrogens is 230 g/mol. The van der Waals surface area contributed by atoms with Gasteiger partial charge in [-0.05, 0) is 0 Å². The van der Waals surface area contributed by atoms with Crippen molar-refractivity contribution in [1.29, 1.82) is 0 Å². The maximum Gasteiger partial charge on any atom is 0.325 e. The zero-order valence-electron chi connectivity index (χ0n) is 8.75. The standard InChI is InChI=1S/C9H13N3O5/c13-2-4-6(14)7(15)5(11-4)3-1-10-9(17)12-8(3)16/h1,4-7,11,13-15H,2H2,(H2,10,12,16,17)/t4-,5-,6-,7+/m1/s1. The molecule has 8 heteroatoms. The van der Waals surface area contributed by atoms with Crippen LogP contribution < -0.4 is 16.6 Å². The molecule has 0 bridgehead atoms. The Morgan fingerprint density at radius 3 is 2.47 bits per heavy atom. The second kappa shape index (κ2) is 4.41. The van der Waals surface area contributed by atoms with Gasteiger partial charge in [-0.15, -0.1) is 0 Å². The van der Waals surface area contributed by atoms with E-state index in [1.807, 2.05) is 4.98 Å². The highest BCUT2D eigenvalue weighted by Crippen LogP contribution is 2.24. The zero-order valence-corrected chi connectivity index (χ0v) is 8.75. The van der Waals surface area contributed by atoms with Gasteiger partial charge in [0, 0.05) is 6.20 Å². The number of aliphatic hydroxyl groups is 3. The summed E-state index contributed by atoms with van der Waals surface area (Å²) in [6, 6.07) is -1.54. The SMILES string of the molecule is O=c1[nH]cc([C@H]2N[C@H](CO)[C@@H](O)[C@H]2O)c(=O)[nH]1. The molecule has 1 aromatic heterocycles. The molecule has 2 heterocycles. The van der Waals surface area contributed by atoms with Crippen LogP contribution in [-0.4, -0.2) is 50.1 Å². The molecule has 0 spiro atoms.